The van der Waals surface area contributed by atoms with Crippen LogP contribution >= 0.6 is 11.3 Å². The number of benzene rings is 1. The second kappa shape index (κ2) is 6.13. The summed E-state index contributed by atoms with van der Waals surface area (Å²) in [7, 11) is 6.66. The molecule has 0 aliphatic carbocycles. The molecular formula is C15H18N2O3S. The monoisotopic (exact) mass is 306 g/mol. The molecule has 2 aromatic rings. The number of nitrogens with zero attached hydrogens (tertiary/aromatic N) is 2. The molecule has 0 aliphatic rings. The van der Waals surface area contributed by atoms with Crippen molar-refractivity contribution in [3.05, 3.63) is 28.8 Å². The lowest BCUT2D eigenvalue weighted by molar-refractivity contribution is 0.0831. The number of amides is 1. The number of rotatable bonds is 4. The first-order chi connectivity index (χ1) is 9.97. The third-order valence-corrected chi connectivity index (χ3v) is 4.22. The van der Waals surface area contributed by atoms with Crippen molar-refractivity contribution in [3.8, 4) is 22.1 Å². The van der Waals surface area contributed by atoms with Gasteiger partial charge < -0.3 is 14.4 Å². The summed E-state index contributed by atoms with van der Waals surface area (Å²) in [6, 6.07) is 5.60. The van der Waals surface area contributed by atoms with E-state index in [0.717, 1.165) is 16.3 Å². The number of aromatic nitrogens is 1. The zero-order valence-corrected chi connectivity index (χ0v) is 13.6. The largest absolute Gasteiger partial charge is 0.493 e. The average molecular weight is 306 g/mol. The molecule has 2 rings (SSSR count). The second-order valence-electron chi connectivity index (χ2n) is 4.70. The summed E-state index contributed by atoms with van der Waals surface area (Å²) in [6.45, 7) is 1.84. The fraction of sp³-hybridized carbons (Fsp3) is 0.333. The molecule has 5 nitrogen and oxygen atoms in total. The van der Waals surface area contributed by atoms with E-state index in [4.69, 9.17) is 9.47 Å². The van der Waals surface area contributed by atoms with Crippen molar-refractivity contribution in [2.24, 2.45) is 0 Å². The van der Waals surface area contributed by atoms with Crippen LogP contribution in [0.4, 0.5) is 0 Å². The Hall–Kier alpha value is -2.08. The Bertz CT molecular complexity index is 665. The van der Waals surface area contributed by atoms with Crippen LogP contribution in [0.15, 0.2) is 18.2 Å². The number of ether oxygens (including phenoxy) is 2. The van der Waals surface area contributed by atoms with Crippen LogP contribution in [0.3, 0.4) is 0 Å². The molecule has 0 bridgehead atoms. The number of methoxy groups -OCH3 is 2. The van der Waals surface area contributed by atoms with Gasteiger partial charge in [-0.25, -0.2) is 4.98 Å². The van der Waals surface area contributed by atoms with Gasteiger partial charge in [-0.2, -0.15) is 0 Å². The van der Waals surface area contributed by atoms with Crippen LogP contribution in [-0.2, 0) is 0 Å². The third-order valence-electron chi connectivity index (χ3n) is 3.03. The number of carbonyl (C=O) groups is 1. The molecule has 0 fully saturated rings. The maximum atomic E-state index is 12.1. The minimum Gasteiger partial charge on any atom is -0.493 e. The quantitative estimate of drug-likeness (QED) is 0.871. The smallest absolute Gasteiger partial charge is 0.265 e. The lowest BCUT2D eigenvalue weighted by Crippen LogP contribution is -2.21. The molecular weight excluding hydrogens is 288 g/mol. The van der Waals surface area contributed by atoms with Crippen LogP contribution in [0.25, 0.3) is 10.6 Å². The molecule has 1 aromatic heterocycles. The molecule has 0 unspecified atom stereocenters. The second-order valence-corrected chi connectivity index (χ2v) is 5.70. The van der Waals surface area contributed by atoms with Crippen LogP contribution in [0.1, 0.15) is 15.4 Å². The van der Waals surface area contributed by atoms with E-state index >= 15 is 0 Å². The van der Waals surface area contributed by atoms with E-state index in [1.54, 1.807) is 33.2 Å². The molecule has 1 heterocycles. The standard InChI is InChI=1S/C15H18N2O3S/c1-9-13(15(18)17(2)3)21-14(16-9)10-6-7-11(19-4)12(8-10)20-5/h6-8H,1-5H3. The van der Waals surface area contributed by atoms with E-state index in [2.05, 4.69) is 4.98 Å². The summed E-state index contributed by atoms with van der Waals surface area (Å²) in [5.74, 6) is 1.28. The minimum atomic E-state index is -0.0308. The first-order valence-corrected chi connectivity index (χ1v) is 7.21. The number of hydrogen-bond acceptors (Lipinski definition) is 5. The molecule has 21 heavy (non-hydrogen) atoms. The van der Waals surface area contributed by atoms with Crippen molar-refractivity contribution in [2.75, 3.05) is 28.3 Å². The molecule has 0 saturated heterocycles. The van der Waals surface area contributed by atoms with Crippen molar-refractivity contribution < 1.29 is 14.3 Å². The number of hydrogen-bond donors (Lipinski definition) is 0. The molecule has 112 valence electrons. The van der Waals surface area contributed by atoms with Crippen molar-refractivity contribution in [1.82, 2.24) is 9.88 Å². The highest BCUT2D eigenvalue weighted by Gasteiger charge is 2.18. The van der Waals surface area contributed by atoms with E-state index in [-0.39, 0.29) is 5.91 Å². The topological polar surface area (TPSA) is 51.7 Å². The SMILES string of the molecule is COc1ccc(-c2nc(C)c(C(=O)N(C)C)s2)cc1OC. The van der Waals surface area contributed by atoms with E-state index in [1.807, 2.05) is 25.1 Å². The van der Waals surface area contributed by atoms with Gasteiger partial charge in [-0.05, 0) is 25.1 Å². The molecule has 1 amide bonds. The Morgan fingerprint density at radius 3 is 2.43 bits per heavy atom. The fourth-order valence-electron chi connectivity index (χ4n) is 1.89. The van der Waals surface area contributed by atoms with E-state index < -0.39 is 0 Å². The Kier molecular flexibility index (Phi) is 4.47. The van der Waals surface area contributed by atoms with Gasteiger partial charge in [0.1, 0.15) is 9.88 Å². The maximum Gasteiger partial charge on any atom is 0.265 e. The van der Waals surface area contributed by atoms with Crippen molar-refractivity contribution in [3.63, 3.8) is 0 Å². The Morgan fingerprint density at radius 1 is 1.19 bits per heavy atom. The first-order valence-electron chi connectivity index (χ1n) is 6.39. The van der Waals surface area contributed by atoms with E-state index in [9.17, 15) is 4.79 Å². The van der Waals surface area contributed by atoms with Crippen molar-refractivity contribution in [1.29, 1.82) is 0 Å². The van der Waals surface area contributed by atoms with Gasteiger partial charge in [-0.1, -0.05) is 0 Å². The number of thiazole rings is 1. The predicted octanol–water partition coefficient (Wildman–Crippen LogP) is 2.84. The molecule has 0 atom stereocenters. The van der Waals surface area contributed by atoms with Gasteiger partial charge in [-0.15, -0.1) is 11.3 Å². The van der Waals surface area contributed by atoms with Crippen LogP contribution in [0.2, 0.25) is 0 Å². The van der Waals surface area contributed by atoms with Gasteiger partial charge in [0.15, 0.2) is 11.5 Å². The minimum absolute atomic E-state index is 0.0308. The summed E-state index contributed by atoms with van der Waals surface area (Å²) in [6.07, 6.45) is 0. The summed E-state index contributed by atoms with van der Waals surface area (Å²) >= 11 is 1.38. The maximum absolute atomic E-state index is 12.1. The summed E-state index contributed by atoms with van der Waals surface area (Å²) in [5, 5.41) is 0.790. The van der Waals surface area contributed by atoms with Gasteiger partial charge in [0.05, 0.1) is 19.9 Å². The lowest BCUT2D eigenvalue weighted by atomic mass is 10.2. The summed E-state index contributed by atoms with van der Waals surface area (Å²) < 4.78 is 10.5. The summed E-state index contributed by atoms with van der Waals surface area (Å²) in [4.78, 5) is 18.8. The van der Waals surface area contributed by atoms with E-state index in [1.165, 1.54) is 11.3 Å². The van der Waals surface area contributed by atoms with Gasteiger partial charge in [0, 0.05) is 19.7 Å². The lowest BCUT2D eigenvalue weighted by Gasteiger charge is -2.08. The molecule has 0 N–H and O–H groups in total. The molecule has 6 heteroatoms. The Balaban J connectivity index is 2.44. The van der Waals surface area contributed by atoms with Gasteiger partial charge in [0.2, 0.25) is 0 Å². The highest BCUT2D eigenvalue weighted by molar-refractivity contribution is 7.17. The highest BCUT2D eigenvalue weighted by atomic mass is 32.1. The third kappa shape index (κ3) is 3.00. The Morgan fingerprint density at radius 2 is 1.86 bits per heavy atom. The van der Waals surface area contributed by atoms with Gasteiger partial charge in [0.25, 0.3) is 5.91 Å². The molecule has 0 spiro atoms. The normalized spacial score (nSPS) is 10.3. The predicted molar refractivity (Wildman–Crippen MR) is 83.4 cm³/mol. The zero-order valence-electron chi connectivity index (χ0n) is 12.8. The van der Waals surface area contributed by atoms with Gasteiger partial charge in [-0.3, -0.25) is 4.79 Å². The molecule has 0 radical (unpaired) electrons. The average Bonchev–Trinajstić information content (AvgIpc) is 2.87. The first kappa shape index (κ1) is 15.3. The van der Waals surface area contributed by atoms with Gasteiger partial charge >= 0.3 is 0 Å². The van der Waals surface area contributed by atoms with Crippen LogP contribution < -0.4 is 9.47 Å². The molecule has 0 aliphatic heterocycles. The summed E-state index contributed by atoms with van der Waals surface area (Å²) in [5.41, 5.74) is 1.64. The molecule has 0 saturated carbocycles. The fourth-order valence-corrected chi connectivity index (χ4v) is 2.97. The van der Waals surface area contributed by atoms with Crippen molar-refractivity contribution in [2.45, 2.75) is 6.92 Å². The van der Waals surface area contributed by atoms with Crippen LogP contribution in [0, 0.1) is 6.92 Å². The number of aryl methyl sites for hydroxylation is 1. The van der Waals surface area contributed by atoms with Crippen LogP contribution in [-0.4, -0.2) is 44.1 Å². The Labute approximate surface area is 128 Å². The zero-order chi connectivity index (χ0) is 15.6. The van der Waals surface area contributed by atoms with Crippen molar-refractivity contribution >= 4 is 17.2 Å². The van der Waals surface area contributed by atoms with E-state index in [0.29, 0.717) is 16.4 Å². The highest BCUT2D eigenvalue weighted by Crippen LogP contribution is 2.35. The molecule has 1 aromatic carbocycles. The number of carbonyl (C=O) groups excluding carboxylic acids is 1. The van der Waals surface area contributed by atoms with Crippen LogP contribution in [0.5, 0.6) is 11.5 Å².